The van der Waals surface area contributed by atoms with E-state index in [1.54, 1.807) is 35.4 Å². The molecule has 1 amide bonds. The number of hydrogen-bond acceptors (Lipinski definition) is 5. The van der Waals surface area contributed by atoms with Crippen LogP contribution in [0, 0.1) is 0 Å². The quantitative estimate of drug-likeness (QED) is 0.557. The second-order valence-corrected chi connectivity index (χ2v) is 11.5. The summed E-state index contributed by atoms with van der Waals surface area (Å²) in [5.41, 5.74) is 4.84. The van der Waals surface area contributed by atoms with E-state index in [2.05, 4.69) is 22.1 Å². The average Bonchev–Trinajstić information content (AvgIpc) is 3.53. The van der Waals surface area contributed by atoms with Gasteiger partial charge < -0.3 is 14.6 Å². The van der Waals surface area contributed by atoms with Crippen LogP contribution in [-0.4, -0.2) is 67.0 Å². The summed E-state index contributed by atoms with van der Waals surface area (Å²) in [4.78, 5) is 22.4. The molecule has 9 heteroatoms. The lowest BCUT2D eigenvalue weighted by molar-refractivity contribution is 0.0682. The predicted molar refractivity (Wildman–Crippen MR) is 135 cm³/mol. The van der Waals surface area contributed by atoms with Gasteiger partial charge in [-0.05, 0) is 61.4 Å². The number of rotatable bonds is 5. The standard InChI is InChI=1S/C26H30N4O4S/c1-29(2)35(32,33)22-9-7-18(8-10-22)20-15-23-24(17-28-25(23)27-16-20)19-11-13-30(14-12-19)26(31)34-21-5-3-4-6-21/h7-11,15-17,21H,3-6,12-14H2,1-2H3,(H,27,28). The summed E-state index contributed by atoms with van der Waals surface area (Å²) < 4.78 is 31.6. The zero-order chi connectivity index (χ0) is 24.6. The summed E-state index contributed by atoms with van der Waals surface area (Å²) in [7, 11) is -0.432. The van der Waals surface area contributed by atoms with E-state index >= 15 is 0 Å². The van der Waals surface area contributed by atoms with Crippen LogP contribution in [0.15, 0.2) is 53.7 Å². The highest BCUT2D eigenvalue weighted by Crippen LogP contribution is 2.32. The molecule has 1 fully saturated rings. The summed E-state index contributed by atoms with van der Waals surface area (Å²) in [6, 6.07) is 8.93. The van der Waals surface area contributed by atoms with Crippen LogP contribution in [0.1, 0.15) is 37.7 Å². The van der Waals surface area contributed by atoms with Gasteiger partial charge in [0, 0.05) is 56.1 Å². The molecule has 0 saturated heterocycles. The number of fused-ring (bicyclic) bond motifs is 1. The monoisotopic (exact) mass is 494 g/mol. The second kappa shape index (κ2) is 9.47. The third kappa shape index (κ3) is 4.70. The Kier molecular flexibility index (Phi) is 6.37. The van der Waals surface area contributed by atoms with Crippen molar-refractivity contribution in [1.82, 2.24) is 19.2 Å². The molecule has 0 unspecified atom stereocenters. The lowest BCUT2D eigenvalue weighted by Crippen LogP contribution is -2.36. The molecule has 0 bridgehead atoms. The molecule has 3 aromatic rings. The molecule has 1 N–H and O–H groups in total. The molecule has 2 aromatic heterocycles. The summed E-state index contributed by atoms with van der Waals surface area (Å²) in [6.45, 7) is 1.15. The number of nitrogens with one attached hydrogen (secondary N) is 1. The number of ether oxygens (including phenoxy) is 1. The highest BCUT2D eigenvalue weighted by Gasteiger charge is 2.25. The van der Waals surface area contributed by atoms with Crippen LogP contribution in [0.4, 0.5) is 4.79 Å². The highest BCUT2D eigenvalue weighted by molar-refractivity contribution is 7.89. The Labute approximate surface area is 205 Å². The van der Waals surface area contributed by atoms with Crippen molar-refractivity contribution in [2.75, 3.05) is 27.2 Å². The molecular formula is C26H30N4O4S. The Morgan fingerprint density at radius 3 is 2.54 bits per heavy atom. The van der Waals surface area contributed by atoms with Gasteiger partial charge >= 0.3 is 6.09 Å². The van der Waals surface area contributed by atoms with Gasteiger partial charge in [-0.2, -0.15) is 0 Å². The first-order chi connectivity index (χ1) is 16.8. The maximum atomic E-state index is 12.5. The van der Waals surface area contributed by atoms with Crippen molar-refractivity contribution in [1.29, 1.82) is 0 Å². The Balaban J connectivity index is 1.35. The smallest absolute Gasteiger partial charge is 0.410 e. The van der Waals surface area contributed by atoms with E-state index in [4.69, 9.17) is 4.74 Å². The molecule has 8 nitrogen and oxygen atoms in total. The summed E-state index contributed by atoms with van der Waals surface area (Å²) in [6.07, 6.45) is 10.7. The Hall–Kier alpha value is -3.17. The van der Waals surface area contributed by atoms with E-state index in [0.717, 1.165) is 59.8 Å². The minimum atomic E-state index is -3.47. The van der Waals surface area contributed by atoms with E-state index in [1.807, 2.05) is 6.20 Å². The Bertz CT molecular complexity index is 1370. The van der Waals surface area contributed by atoms with Crippen molar-refractivity contribution in [3.63, 3.8) is 0 Å². The number of pyridine rings is 1. The summed E-state index contributed by atoms with van der Waals surface area (Å²) >= 11 is 0. The van der Waals surface area contributed by atoms with Crippen LogP contribution in [0.3, 0.4) is 0 Å². The lowest BCUT2D eigenvalue weighted by atomic mass is 9.98. The van der Waals surface area contributed by atoms with E-state index in [-0.39, 0.29) is 17.1 Å². The van der Waals surface area contributed by atoms with Crippen LogP contribution in [0.25, 0.3) is 27.7 Å². The minimum Gasteiger partial charge on any atom is -0.446 e. The van der Waals surface area contributed by atoms with E-state index in [0.29, 0.717) is 13.1 Å². The number of sulfonamides is 1. The molecular weight excluding hydrogens is 464 g/mol. The maximum absolute atomic E-state index is 12.5. The average molecular weight is 495 g/mol. The van der Waals surface area contributed by atoms with E-state index in [1.165, 1.54) is 24.0 Å². The SMILES string of the molecule is CN(C)S(=O)(=O)c1ccc(-c2cnc3[nH]cc(C4=CCN(C(=O)OC5CCCC5)CC4)c3c2)cc1. The molecule has 1 aliphatic carbocycles. The number of benzene rings is 1. The van der Waals surface area contributed by atoms with Gasteiger partial charge in [-0.25, -0.2) is 22.5 Å². The number of aromatic amines is 1. The van der Waals surface area contributed by atoms with Crippen LogP contribution in [0.5, 0.6) is 0 Å². The third-order valence-corrected chi connectivity index (χ3v) is 8.71. The van der Waals surface area contributed by atoms with Gasteiger partial charge in [-0.3, -0.25) is 0 Å². The van der Waals surface area contributed by atoms with E-state index in [9.17, 15) is 13.2 Å². The van der Waals surface area contributed by atoms with Gasteiger partial charge in [-0.15, -0.1) is 0 Å². The number of amides is 1. The molecule has 5 rings (SSSR count). The number of hydrogen-bond donors (Lipinski definition) is 1. The van der Waals surface area contributed by atoms with Crippen LogP contribution in [0.2, 0.25) is 0 Å². The zero-order valence-electron chi connectivity index (χ0n) is 20.0. The lowest BCUT2D eigenvalue weighted by Gasteiger charge is -2.27. The van der Waals surface area contributed by atoms with Crippen LogP contribution in [-0.2, 0) is 14.8 Å². The third-order valence-electron chi connectivity index (χ3n) is 6.88. The first-order valence-electron chi connectivity index (χ1n) is 12.0. The van der Waals surface area contributed by atoms with Gasteiger partial charge in [0.2, 0.25) is 10.0 Å². The normalized spacial score (nSPS) is 17.2. The van der Waals surface area contributed by atoms with Crippen molar-refractivity contribution in [2.45, 2.75) is 43.1 Å². The molecule has 0 spiro atoms. The van der Waals surface area contributed by atoms with Gasteiger partial charge in [-0.1, -0.05) is 18.2 Å². The van der Waals surface area contributed by atoms with Gasteiger partial charge in [0.25, 0.3) is 0 Å². The largest absolute Gasteiger partial charge is 0.446 e. The summed E-state index contributed by atoms with van der Waals surface area (Å²) in [5, 5.41) is 1.00. The fourth-order valence-electron chi connectivity index (χ4n) is 4.76. The topological polar surface area (TPSA) is 95.6 Å². The minimum absolute atomic E-state index is 0.0723. The van der Waals surface area contributed by atoms with Gasteiger partial charge in [0.05, 0.1) is 4.90 Å². The van der Waals surface area contributed by atoms with Crippen molar-refractivity contribution < 1.29 is 17.9 Å². The molecule has 0 radical (unpaired) electrons. The number of H-pyrrole nitrogens is 1. The van der Waals surface area contributed by atoms with Crippen LogP contribution < -0.4 is 0 Å². The Morgan fingerprint density at radius 2 is 1.89 bits per heavy atom. The molecule has 35 heavy (non-hydrogen) atoms. The molecule has 2 aliphatic rings. The van der Waals surface area contributed by atoms with Crippen molar-refractivity contribution >= 4 is 32.7 Å². The van der Waals surface area contributed by atoms with Gasteiger partial charge in [0.1, 0.15) is 11.8 Å². The predicted octanol–water partition coefficient (Wildman–Crippen LogP) is 4.65. The number of nitrogens with zero attached hydrogens (tertiary/aromatic N) is 3. The first kappa shape index (κ1) is 23.6. The first-order valence-corrected chi connectivity index (χ1v) is 13.4. The van der Waals surface area contributed by atoms with Crippen molar-refractivity contribution in [3.05, 3.63) is 54.4 Å². The number of aromatic nitrogens is 2. The van der Waals surface area contributed by atoms with Crippen molar-refractivity contribution in [2.24, 2.45) is 0 Å². The zero-order valence-corrected chi connectivity index (χ0v) is 20.8. The van der Waals surface area contributed by atoms with Crippen molar-refractivity contribution in [3.8, 4) is 11.1 Å². The molecule has 1 saturated carbocycles. The van der Waals surface area contributed by atoms with E-state index < -0.39 is 10.0 Å². The maximum Gasteiger partial charge on any atom is 0.410 e. The number of carbonyl (C=O) groups is 1. The molecule has 184 valence electrons. The second-order valence-electron chi connectivity index (χ2n) is 9.35. The number of carbonyl (C=O) groups excluding carboxylic acids is 1. The summed E-state index contributed by atoms with van der Waals surface area (Å²) in [5.74, 6) is 0. The van der Waals surface area contributed by atoms with Gasteiger partial charge in [0.15, 0.2) is 0 Å². The molecule has 1 aliphatic heterocycles. The van der Waals surface area contributed by atoms with Crippen LogP contribution >= 0.6 is 0 Å². The highest BCUT2D eigenvalue weighted by atomic mass is 32.2. The molecule has 1 aromatic carbocycles. The molecule has 3 heterocycles. The molecule has 0 atom stereocenters. The fourth-order valence-corrected chi connectivity index (χ4v) is 5.66. The fraction of sp³-hybridized carbons (Fsp3) is 0.385. The Morgan fingerprint density at radius 1 is 1.14 bits per heavy atom.